The third-order valence-electron chi connectivity index (χ3n) is 2.12. The van der Waals surface area contributed by atoms with Crippen molar-refractivity contribution in [2.45, 2.75) is 0 Å². The fourth-order valence-electron chi connectivity index (χ4n) is 1.51. The van der Waals surface area contributed by atoms with Gasteiger partial charge in [0.1, 0.15) is 5.82 Å². The maximum absolute atomic E-state index is 13.1. The molecule has 15 heavy (non-hydrogen) atoms. The van der Waals surface area contributed by atoms with E-state index in [0.29, 0.717) is 10.8 Å². The third-order valence-corrected chi connectivity index (χ3v) is 3.02. The van der Waals surface area contributed by atoms with Crippen LogP contribution in [0.25, 0.3) is 10.8 Å². The number of carboxylic acid groups (broad SMARTS) is 1. The molecule has 4 heteroatoms. The van der Waals surface area contributed by atoms with Crippen LogP contribution in [-0.2, 0) is 0 Å². The van der Waals surface area contributed by atoms with Crippen LogP contribution in [0.5, 0.6) is 0 Å². The lowest BCUT2D eigenvalue weighted by Gasteiger charge is -2.05. The summed E-state index contributed by atoms with van der Waals surface area (Å²) in [5.41, 5.74) is 0.00926. The van der Waals surface area contributed by atoms with Crippen LogP contribution in [-0.4, -0.2) is 11.1 Å². The largest absolute Gasteiger partial charge is 0.478 e. The Morgan fingerprint density at radius 2 is 2.07 bits per heavy atom. The van der Waals surface area contributed by atoms with Gasteiger partial charge in [0.05, 0.1) is 5.56 Å². The van der Waals surface area contributed by atoms with Crippen LogP contribution >= 0.6 is 22.6 Å². The molecule has 0 amide bonds. The first kappa shape index (κ1) is 10.4. The van der Waals surface area contributed by atoms with E-state index in [-0.39, 0.29) is 5.56 Å². The zero-order valence-electron chi connectivity index (χ0n) is 7.50. The Hall–Kier alpha value is -1.17. The van der Waals surface area contributed by atoms with Gasteiger partial charge in [0.25, 0.3) is 0 Å². The minimum absolute atomic E-state index is 0.00926. The fourth-order valence-corrected chi connectivity index (χ4v) is 2.32. The van der Waals surface area contributed by atoms with Crippen molar-refractivity contribution >= 4 is 39.3 Å². The maximum Gasteiger partial charge on any atom is 0.336 e. The zero-order chi connectivity index (χ0) is 11.0. The van der Waals surface area contributed by atoms with E-state index in [1.165, 1.54) is 6.07 Å². The number of aromatic carboxylic acids is 1. The Kier molecular flexibility index (Phi) is 2.60. The van der Waals surface area contributed by atoms with Gasteiger partial charge in [0, 0.05) is 8.96 Å². The van der Waals surface area contributed by atoms with Gasteiger partial charge in [-0.15, -0.1) is 0 Å². The molecule has 0 saturated carbocycles. The van der Waals surface area contributed by atoms with Crippen LogP contribution < -0.4 is 0 Å². The predicted molar refractivity (Wildman–Crippen MR) is 63.6 cm³/mol. The Morgan fingerprint density at radius 1 is 1.33 bits per heavy atom. The molecular weight excluding hydrogens is 310 g/mol. The Morgan fingerprint density at radius 3 is 2.73 bits per heavy atom. The minimum atomic E-state index is -1.11. The van der Waals surface area contributed by atoms with Gasteiger partial charge in [0.15, 0.2) is 0 Å². The summed E-state index contributed by atoms with van der Waals surface area (Å²) in [6.45, 7) is 0. The summed E-state index contributed by atoms with van der Waals surface area (Å²) in [7, 11) is 0. The van der Waals surface area contributed by atoms with Crippen molar-refractivity contribution in [1.82, 2.24) is 0 Å². The highest BCUT2D eigenvalue weighted by atomic mass is 127. The molecule has 76 valence electrons. The molecule has 2 aromatic rings. The molecule has 0 aromatic heterocycles. The van der Waals surface area contributed by atoms with Crippen LogP contribution in [0.3, 0.4) is 0 Å². The Balaban J connectivity index is 2.94. The normalized spacial score (nSPS) is 10.5. The number of hydrogen-bond donors (Lipinski definition) is 1. The standard InChI is InChI=1S/C11H6FIO2/c12-7-4-6-2-1-3-9(13)10(6)8(5-7)11(14)15/h1-5H,(H,14,15). The molecule has 0 heterocycles. The lowest BCUT2D eigenvalue weighted by Crippen LogP contribution is -1.99. The van der Waals surface area contributed by atoms with E-state index in [9.17, 15) is 9.18 Å². The van der Waals surface area contributed by atoms with Gasteiger partial charge in [-0.1, -0.05) is 12.1 Å². The van der Waals surface area contributed by atoms with Crippen LogP contribution in [0, 0.1) is 9.39 Å². The quantitative estimate of drug-likeness (QED) is 0.820. The van der Waals surface area contributed by atoms with Crippen molar-refractivity contribution in [1.29, 1.82) is 0 Å². The molecule has 0 fully saturated rings. The van der Waals surface area contributed by atoms with E-state index in [4.69, 9.17) is 5.11 Å². The van der Waals surface area contributed by atoms with Crippen molar-refractivity contribution in [3.05, 3.63) is 45.3 Å². The Labute approximate surface area is 98.9 Å². The van der Waals surface area contributed by atoms with E-state index in [1.807, 2.05) is 22.6 Å². The van der Waals surface area contributed by atoms with Crippen LogP contribution in [0.15, 0.2) is 30.3 Å². The first-order chi connectivity index (χ1) is 7.09. The molecule has 0 spiro atoms. The molecule has 0 unspecified atom stereocenters. The van der Waals surface area contributed by atoms with Gasteiger partial charge in [-0.05, 0) is 46.2 Å². The van der Waals surface area contributed by atoms with Gasteiger partial charge in [-0.25, -0.2) is 9.18 Å². The van der Waals surface area contributed by atoms with Crippen LogP contribution in [0.4, 0.5) is 4.39 Å². The second-order valence-corrected chi connectivity index (χ2v) is 4.26. The fraction of sp³-hybridized carbons (Fsp3) is 0. The molecule has 0 radical (unpaired) electrons. The lowest BCUT2D eigenvalue weighted by atomic mass is 10.0. The first-order valence-electron chi connectivity index (χ1n) is 4.20. The summed E-state index contributed by atoms with van der Waals surface area (Å²) >= 11 is 2.04. The summed E-state index contributed by atoms with van der Waals surface area (Å²) in [4.78, 5) is 10.9. The average molecular weight is 316 g/mol. The minimum Gasteiger partial charge on any atom is -0.478 e. The van der Waals surface area contributed by atoms with Gasteiger partial charge in [-0.2, -0.15) is 0 Å². The monoisotopic (exact) mass is 316 g/mol. The molecule has 0 bridgehead atoms. The number of carboxylic acids is 1. The summed E-state index contributed by atoms with van der Waals surface area (Å²) in [6, 6.07) is 7.66. The first-order valence-corrected chi connectivity index (χ1v) is 5.28. The summed E-state index contributed by atoms with van der Waals surface area (Å²) in [6.07, 6.45) is 0. The molecular formula is C11H6FIO2. The summed E-state index contributed by atoms with van der Waals surface area (Å²) in [5.74, 6) is -1.63. The van der Waals surface area contributed by atoms with E-state index in [1.54, 1.807) is 18.2 Å². The average Bonchev–Trinajstić information content (AvgIpc) is 2.16. The summed E-state index contributed by atoms with van der Waals surface area (Å²) < 4.78 is 13.9. The highest BCUT2D eigenvalue weighted by molar-refractivity contribution is 14.1. The molecule has 0 atom stereocenters. The molecule has 0 aliphatic carbocycles. The molecule has 0 saturated heterocycles. The van der Waals surface area contributed by atoms with Crippen molar-refractivity contribution in [2.24, 2.45) is 0 Å². The van der Waals surface area contributed by atoms with E-state index >= 15 is 0 Å². The van der Waals surface area contributed by atoms with Crippen LogP contribution in [0.1, 0.15) is 10.4 Å². The van der Waals surface area contributed by atoms with Crippen molar-refractivity contribution < 1.29 is 14.3 Å². The highest BCUT2D eigenvalue weighted by Crippen LogP contribution is 2.25. The zero-order valence-corrected chi connectivity index (χ0v) is 9.66. The number of halogens is 2. The van der Waals surface area contributed by atoms with Gasteiger partial charge in [-0.3, -0.25) is 0 Å². The van der Waals surface area contributed by atoms with Crippen LogP contribution in [0.2, 0.25) is 0 Å². The van der Waals surface area contributed by atoms with Crippen molar-refractivity contribution in [2.75, 3.05) is 0 Å². The SMILES string of the molecule is O=C(O)c1cc(F)cc2cccc(I)c12. The maximum atomic E-state index is 13.1. The second-order valence-electron chi connectivity index (χ2n) is 3.10. The smallest absolute Gasteiger partial charge is 0.336 e. The number of benzene rings is 2. The molecule has 2 aromatic carbocycles. The molecule has 2 nitrogen and oxygen atoms in total. The van der Waals surface area contributed by atoms with Gasteiger partial charge < -0.3 is 5.11 Å². The molecule has 1 N–H and O–H groups in total. The second kappa shape index (κ2) is 3.77. The highest BCUT2D eigenvalue weighted by Gasteiger charge is 2.12. The predicted octanol–water partition coefficient (Wildman–Crippen LogP) is 3.28. The van der Waals surface area contributed by atoms with E-state index < -0.39 is 11.8 Å². The van der Waals surface area contributed by atoms with E-state index in [2.05, 4.69) is 0 Å². The van der Waals surface area contributed by atoms with Crippen molar-refractivity contribution in [3.8, 4) is 0 Å². The number of rotatable bonds is 1. The Bertz CT molecular complexity index is 552. The number of hydrogen-bond acceptors (Lipinski definition) is 1. The number of fused-ring (bicyclic) bond motifs is 1. The van der Waals surface area contributed by atoms with Gasteiger partial charge >= 0.3 is 5.97 Å². The topological polar surface area (TPSA) is 37.3 Å². The summed E-state index contributed by atoms with van der Waals surface area (Å²) in [5, 5.41) is 10.2. The third kappa shape index (κ3) is 1.81. The molecule has 0 aliphatic heterocycles. The molecule has 2 rings (SSSR count). The van der Waals surface area contributed by atoms with Crippen molar-refractivity contribution in [3.63, 3.8) is 0 Å². The van der Waals surface area contributed by atoms with Gasteiger partial charge in [0.2, 0.25) is 0 Å². The van der Waals surface area contributed by atoms with E-state index in [0.717, 1.165) is 9.64 Å². The lowest BCUT2D eigenvalue weighted by molar-refractivity contribution is 0.0698. The number of carbonyl (C=O) groups is 1. The molecule has 0 aliphatic rings.